The largest absolute Gasteiger partial charge is 0.379 e. The van der Waals surface area contributed by atoms with Gasteiger partial charge in [-0.25, -0.2) is 0 Å². The van der Waals surface area contributed by atoms with E-state index in [-0.39, 0.29) is 5.91 Å². The lowest BCUT2D eigenvalue weighted by atomic mass is 9.85. The van der Waals surface area contributed by atoms with E-state index in [1.807, 2.05) is 32.2 Å². The summed E-state index contributed by atoms with van der Waals surface area (Å²) >= 11 is 12.5. The maximum atomic E-state index is 13.3. The number of halogens is 2. The van der Waals surface area contributed by atoms with Gasteiger partial charge in [-0.15, -0.1) is 0 Å². The number of aryl methyl sites for hydroxylation is 2. The second-order valence-corrected chi connectivity index (χ2v) is 8.20. The Bertz CT molecular complexity index is 1130. The lowest BCUT2D eigenvalue weighted by Crippen LogP contribution is -2.47. The smallest absolute Gasteiger partial charge is 0.268 e. The van der Waals surface area contributed by atoms with E-state index >= 15 is 0 Å². The second-order valence-electron chi connectivity index (χ2n) is 7.41. The molecule has 29 heavy (non-hydrogen) atoms. The fourth-order valence-corrected chi connectivity index (χ4v) is 4.47. The summed E-state index contributed by atoms with van der Waals surface area (Å²) in [7, 11) is 1.82. The van der Waals surface area contributed by atoms with Crippen molar-refractivity contribution in [1.29, 1.82) is 0 Å². The number of carbonyl (C=O) groups is 2. The van der Waals surface area contributed by atoms with E-state index in [4.69, 9.17) is 27.9 Å². The van der Waals surface area contributed by atoms with Gasteiger partial charge in [0.1, 0.15) is 12.0 Å². The Labute approximate surface area is 178 Å². The molecule has 1 atom stereocenters. The lowest BCUT2D eigenvalue weighted by Gasteiger charge is -2.31. The third kappa shape index (κ3) is 3.33. The van der Waals surface area contributed by atoms with Gasteiger partial charge in [-0.1, -0.05) is 35.3 Å². The van der Waals surface area contributed by atoms with E-state index in [0.29, 0.717) is 40.9 Å². The van der Waals surface area contributed by atoms with Crippen LogP contribution in [0.5, 0.6) is 0 Å². The van der Waals surface area contributed by atoms with Crippen LogP contribution in [0.3, 0.4) is 0 Å². The number of nitrogens with one attached hydrogen (secondary N) is 1. The van der Waals surface area contributed by atoms with Crippen LogP contribution in [0.25, 0.3) is 10.9 Å². The SMILES string of the molecule is Cc1cc(C=O)ccc1C1(NC(=O)c2cc3c(Cl)c(Cl)ccc3n2C)CCOC1. The van der Waals surface area contributed by atoms with Crippen LogP contribution in [0.15, 0.2) is 36.4 Å². The molecule has 4 rings (SSSR count). The molecule has 0 spiro atoms. The summed E-state index contributed by atoms with van der Waals surface area (Å²) in [5, 5.41) is 4.80. The van der Waals surface area contributed by atoms with E-state index in [9.17, 15) is 9.59 Å². The van der Waals surface area contributed by atoms with Crippen molar-refractivity contribution in [2.24, 2.45) is 7.05 Å². The van der Waals surface area contributed by atoms with Crippen molar-refractivity contribution in [3.8, 4) is 0 Å². The van der Waals surface area contributed by atoms with Crippen LogP contribution in [0, 0.1) is 6.92 Å². The standard InChI is InChI=1S/C22H20Cl2N2O3/c1-13-9-14(11-27)3-4-16(13)22(7-8-29-12-22)25-21(28)19-10-15-18(26(19)2)6-5-17(23)20(15)24/h3-6,9-11H,7-8,12H2,1-2H3,(H,25,28). The van der Waals surface area contributed by atoms with Gasteiger partial charge < -0.3 is 14.6 Å². The first-order valence-corrected chi connectivity index (χ1v) is 10.0. The highest BCUT2D eigenvalue weighted by atomic mass is 35.5. The van der Waals surface area contributed by atoms with Crippen LogP contribution in [0.1, 0.15) is 38.4 Å². The number of aromatic nitrogens is 1. The first kappa shape index (κ1) is 20.0. The zero-order chi connectivity index (χ0) is 20.8. The first-order valence-electron chi connectivity index (χ1n) is 9.26. The number of hydrogen-bond acceptors (Lipinski definition) is 3. The van der Waals surface area contributed by atoms with Crippen LogP contribution in [-0.2, 0) is 17.3 Å². The molecule has 1 N–H and O–H groups in total. The number of amides is 1. The van der Waals surface area contributed by atoms with Crippen molar-refractivity contribution in [3.05, 3.63) is 68.8 Å². The summed E-state index contributed by atoms with van der Waals surface area (Å²) in [6, 6.07) is 10.8. The summed E-state index contributed by atoms with van der Waals surface area (Å²) in [5.41, 5.74) is 3.15. The van der Waals surface area contributed by atoms with Crippen molar-refractivity contribution < 1.29 is 14.3 Å². The molecule has 1 amide bonds. The third-order valence-electron chi connectivity index (χ3n) is 5.62. The minimum absolute atomic E-state index is 0.222. The first-order chi connectivity index (χ1) is 13.9. The van der Waals surface area contributed by atoms with Gasteiger partial charge in [0.2, 0.25) is 0 Å². The predicted molar refractivity (Wildman–Crippen MR) is 114 cm³/mol. The Hall–Kier alpha value is -2.34. The topological polar surface area (TPSA) is 60.3 Å². The van der Waals surface area contributed by atoms with Crippen molar-refractivity contribution in [1.82, 2.24) is 9.88 Å². The Balaban J connectivity index is 1.74. The van der Waals surface area contributed by atoms with Gasteiger partial charge in [-0.3, -0.25) is 9.59 Å². The monoisotopic (exact) mass is 430 g/mol. The molecule has 1 saturated heterocycles. The van der Waals surface area contributed by atoms with Gasteiger partial charge in [-0.2, -0.15) is 0 Å². The molecule has 1 fully saturated rings. The molecule has 1 unspecified atom stereocenters. The zero-order valence-corrected chi connectivity index (χ0v) is 17.6. The number of aldehydes is 1. The number of benzene rings is 2. The molecule has 0 radical (unpaired) electrons. The Kier molecular flexibility index (Phi) is 5.15. The summed E-state index contributed by atoms with van der Waals surface area (Å²) in [6.07, 6.45) is 1.47. The highest BCUT2D eigenvalue weighted by Crippen LogP contribution is 2.35. The number of carbonyl (C=O) groups excluding carboxylic acids is 2. The lowest BCUT2D eigenvalue weighted by molar-refractivity contribution is 0.0867. The van der Waals surface area contributed by atoms with E-state index in [0.717, 1.165) is 28.3 Å². The van der Waals surface area contributed by atoms with E-state index in [1.54, 1.807) is 22.8 Å². The third-order valence-corrected chi connectivity index (χ3v) is 6.44. The van der Waals surface area contributed by atoms with Gasteiger partial charge in [0.15, 0.2) is 0 Å². The minimum atomic E-state index is -0.652. The second kappa shape index (κ2) is 7.48. The van der Waals surface area contributed by atoms with E-state index < -0.39 is 5.54 Å². The molecular formula is C22H20Cl2N2O3. The van der Waals surface area contributed by atoms with Gasteiger partial charge >= 0.3 is 0 Å². The van der Waals surface area contributed by atoms with Crippen LogP contribution in [0.4, 0.5) is 0 Å². The number of nitrogens with zero attached hydrogens (tertiary/aromatic N) is 1. The van der Waals surface area contributed by atoms with Crippen molar-refractivity contribution >= 4 is 46.3 Å². The highest BCUT2D eigenvalue weighted by Gasteiger charge is 2.40. The molecule has 2 aromatic carbocycles. The average molecular weight is 431 g/mol. The van der Waals surface area contributed by atoms with Gasteiger partial charge in [0.05, 0.1) is 22.2 Å². The zero-order valence-electron chi connectivity index (χ0n) is 16.1. The van der Waals surface area contributed by atoms with Gasteiger partial charge in [-0.05, 0) is 42.3 Å². The number of hydrogen-bond donors (Lipinski definition) is 1. The molecule has 2 heterocycles. The van der Waals surface area contributed by atoms with Crippen molar-refractivity contribution in [2.75, 3.05) is 13.2 Å². The maximum Gasteiger partial charge on any atom is 0.268 e. The molecule has 0 bridgehead atoms. The molecule has 0 aliphatic carbocycles. The highest BCUT2D eigenvalue weighted by molar-refractivity contribution is 6.45. The normalized spacial score (nSPS) is 18.9. The minimum Gasteiger partial charge on any atom is -0.379 e. The summed E-state index contributed by atoms with van der Waals surface area (Å²) in [4.78, 5) is 24.4. The number of ether oxygens (including phenoxy) is 1. The quantitative estimate of drug-likeness (QED) is 0.612. The maximum absolute atomic E-state index is 13.3. The molecule has 3 aromatic rings. The Morgan fingerprint density at radius 1 is 1.24 bits per heavy atom. The summed E-state index contributed by atoms with van der Waals surface area (Å²) < 4.78 is 7.46. The van der Waals surface area contributed by atoms with E-state index in [1.165, 1.54) is 0 Å². The number of fused-ring (bicyclic) bond motifs is 1. The molecule has 1 aliphatic heterocycles. The molecule has 7 heteroatoms. The fourth-order valence-electron chi connectivity index (χ4n) is 4.09. The van der Waals surface area contributed by atoms with Crippen LogP contribution in [-0.4, -0.2) is 30.0 Å². The average Bonchev–Trinajstić information content (AvgIpc) is 3.30. The molecule has 150 valence electrons. The van der Waals surface area contributed by atoms with Crippen LogP contribution in [0.2, 0.25) is 10.0 Å². The molecule has 5 nitrogen and oxygen atoms in total. The Morgan fingerprint density at radius 3 is 2.69 bits per heavy atom. The van der Waals surface area contributed by atoms with Gasteiger partial charge in [0.25, 0.3) is 5.91 Å². The van der Waals surface area contributed by atoms with E-state index in [2.05, 4.69) is 5.32 Å². The Morgan fingerprint density at radius 2 is 2.03 bits per heavy atom. The summed E-state index contributed by atoms with van der Waals surface area (Å²) in [6.45, 7) is 2.86. The molecular weight excluding hydrogens is 411 g/mol. The van der Waals surface area contributed by atoms with Crippen molar-refractivity contribution in [2.45, 2.75) is 18.9 Å². The molecule has 1 aromatic heterocycles. The van der Waals surface area contributed by atoms with Crippen LogP contribution >= 0.6 is 23.2 Å². The predicted octanol–water partition coefficient (Wildman–Crippen LogP) is 4.65. The fraction of sp³-hybridized carbons (Fsp3) is 0.273. The summed E-state index contributed by atoms with van der Waals surface area (Å²) in [5.74, 6) is -0.222. The number of rotatable bonds is 4. The molecule has 0 saturated carbocycles. The van der Waals surface area contributed by atoms with Crippen molar-refractivity contribution in [3.63, 3.8) is 0 Å². The molecule has 1 aliphatic rings. The van der Waals surface area contributed by atoms with Crippen LogP contribution < -0.4 is 5.32 Å². The van der Waals surface area contributed by atoms with Gasteiger partial charge in [0, 0.05) is 36.5 Å².